The zero-order chi connectivity index (χ0) is 16.5. The SMILES string of the molecule is Cn1ccnc1CN1C[C@@H](NC(=O)c2ccno2)[C@@H]2OCCC[C@@H]21. The molecule has 0 bridgehead atoms. The lowest BCUT2D eigenvalue weighted by atomic mass is 10.0. The van der Waals surface area contributed by atoms with E-state index in [0.29, 0.717) is 6.04 Å². The summed E-state index contributed by atoms with van der Waals surface area (Å²) in [6.45, 7) is 2.23. The van der Waals surface area contributed by atoms with Gasteiger partial charge in [0.1, 0.15) is 5.82 Å². The number of ether oxygens (including phenoxy) is 1. The molecule has 2 saturated heterocycles. The quantitative estimate of drug-likeness (QED) is 0.882. The van der Waals surface area contributed by atoms with Crippen LogP contribution in [-0.2, 0) is 18.3 Å². The average Bonchev–Trinajstić information content (AvgIpc) is 3.31. The summed E-state index contributed by atoms with van der Waals surface area (Å²) in [6, 6.07) is 1.80. The molecule has 4 heterocycles. The fraction of sp³-hybridized carbons (Fsp3) is 0.562. The summed E-state index contributed by atoms with van der Waals surface area (Å²) in [7, 11) is 2.00. The molecule has 2 aliphatic heterocycles. The van der Waals surface area contributed by atoms with Crippen LogP contribution in [0.25, 0.3) is 0 Å². The van der Waals surface area contributed by atoms with Crippen LogP contribution in [0, 0.1) is 0 Å². The summed E-state index contributed by atoms with van der Waals surface area (Å²) in [5.74, 6) is 0.996. The molecule has 2 aromatic heterocycles. The first-order valence-electron chi connectivity index (χ1n) is 8.26. The minimum atomic E-state index is -0.246. The van der Waals surface area contributed by atoms with E-state index in [9.17, 15) is 4.79 Å². The highest BCUT2D eigenvalue weighted by Gasteiger charge is 2.45. The summed E-state index contributed by atoms with van der Waals surface area (Å²) in [4.78, 5) is 19.1. The molecule has 0 radical (unpaired) electrons. The van der Waals surface area contributed by atoms with Gasteiger partial charge in [-0.05, 0) is 12.8 Å². The van der Waals surface area contributed by atoms with Crippen molar-refractivity contribution in [2.45, 2.75) is 37.6 Å². The van der Waals surface area contributed by atoms with Gasteiger partial charge in [0, 0.05) is 44.7 Å². The fourth-order valence-corrected chi connectivity index (χ4v) is 3.67. The van der Waals surface area contributed by atoms with Crippen LogP contribution in [-0.4, -0.2) is 56.9 Å². The molecule has 2 aromatic rings. The molecule has 4 rings (SSSR count). The maximum Gasteiger partial charge on any atom is 0.290 e. The first kappa shape index (κ1) is 15.3. The van der Waals surface area contributed by atoms with Gasteiger partial charge in [0.25, 0.3) is 5.91 Å². The van der Waals surface area contributed by atoms with Crippen molar-refractivity contribution in [3.63, 3.8) is 0 Å². The Hall–Kier alpha value is -2.19. The van der Waals surface area contributed by atoms with Crippen LogP contribution in [0.4, 0.5) is 0 Å². The molecule has 24 heavy (non-hydrogen) atoms. The topological polar surface area (TPSA) is 85.4 Å². The molecular weight excluding hydrogens is 310 g/mol. The van der Waals surface area contributed by atoms with Gasteiger partial charge in [-0.2, -0.15) is 0 Å². The van der Waals surface area contributed by atoms with Gasteiger partial charge < -0.3 is 19.1 Å². The minimum absolute atomic E-state index is 0.00545. The molecule has 2 fully saturated rings. The Morgan fingerprint density at radius 1 is 1.46 bits per heavy atom. The van der Waals surface area contributed by atoms with Gasteiger partial charge in [0.05, 0.1) is 24.9 Å². The molecule has 1 amide bonds. The van der Waals surface area contributed by atoms with E-state index in [-0.39, 0.29) is 23.8 Å². The summed E-state index contributed by atoms with van der Waals surface area (Å²) < 4.78 is 12.9. The number of aromatic nitrogens is 3. The molecule has 1 N–H and O–H groups in total. The summed E-state index contributed by atoms with van der Waals surface area (Å²) in [5, 5.41) is 6.62. The maximum absolute atomic E-state index is 12.3. The Kier molecular flexibility index (Phi) is 4.07. The van der Waals surface area contributed by atoms with Gasteiger partial charge >= 0.3 is 0 Å². The zero-order valence-electron chi connectivity index (χ0n) is 13.6. The monoisotopic (exact) mass is 331 g/mol. The second-order valence-electron chi connectivity index (χ2n) is 6.39. The number of hydrogen-bond donors (Lipinski definition) is 1. The Morgan fingerprint density at radius 2 is 2.38 bits per heavy atom. The standard InChI is InChI=1S/C16H21N5O3/c1-20-7-6-17-14(20)10-21-9-11(15-12(21)3-2-8-23-15)19-16(22)13-4-5-18-24-13/h4-7,11-12,15H,2-3,8-10H2,1H3,(H,19,22)/t11-,12+,15+/m1/s1. The predicted molar refractivity (Wildman–Crippen MR) is 84.1 cm³/mol. The minimum Gasteiger partial charge on any atom is -0.374 e. The van der Waals surface area contributed by atoms with Crippen LogP contribution in [0.5, 0.6) is 0 Å². The van der Waals surface area contributed by atoms with E-state index in [4.69, 9.17) is 9.26 Å². The third kappa shape index (κ3) is 2.83. The molecule has 8 nitrogen and oxygen atoms in total. The number of likely N-dealkylation sites (tertiary alicyclic amines) is 1. The largest absolute Gasteiger partial charge is 0.374 e. The van der Waals surface area contributed by atoms with Crippen molar-refractivity contribution < 1.29 is 14.1 Å². The second-order valence-corrected chi connectivity index (χ2v) is 6.39. The lowest BCUT2D eigenvalue weighted by Crippen LogP contribution is -2.47. The van der Waals surface area contributed by atoms with Crippen LogP contribution in [0.15, 0.2) is 29.2 Å². The number of nitrogens with one attached hydrogen (secondary N) is 1. The van der Waals surface area contributed by atoms with Crippen LogP contribution in [0.3, 0.4) is 0 Å². The normalized spacial score (nSPS) is 27.1. The van der Waals surface area contributed by atoms with Crippen molar-refractivity contribution >= 4 is 5.91 Å². The maximum atomic E-state index is 12.3. The first-order valence-corrected chi connectivity index (χ1v) is 8.26. The smallest absolute Gasteiger partial charge is 0.290 e. The summed E-state index contributed by atoms with van der Waals surface area (Å²) in [6.07, 6.45) is 7.35. The van der Waals surface area contributed by atoms with E-state index in [1.54, 1.807) is 6.07 Å². The van der Waals surface area contributed by atoms with Crippen molar-refractivity contribution in [1.82, 2.24) is 24.9 Å². The van der Waals surface area contributed by atoms with Gasteiger partial charge in [0.15, 0.2) is 0 Å². The fourth-order valence-electron chi connectivity index (χ4n) is 3.67. The van der Waals surface area contributed by atoms with E-state index in [1.165, 1.54) is 6.20 Å². The van der Waals surface area contributed by atoms with E-state index in [0.717, 1.165) is 38.4 Å². The van der Waals surface area contributed by atoms with Crippen LogP contribution in [0.1, 0.15) is 29.2 Å². The third-order valence-corrected chi connectivity index (χ3v) is 4.87. The van der Waals surface area contributed by atoms with Gasteiger partial charge in [-0.3, -0.25) is 9.69 Å². The Morgan fingerprint density at radius 3 is 3.12 bits per heavy atom. The molecule has 8 heteroatoms. The van der Waals surface area contributed by atoms with E-state index in [2.05, 4.69) is 20.4 Å². The number of carbonyl (C=O) groups is 1. The lowest BCUT2D eigenvalue weighted by Gasteiger charge is -2.32. The number of imidazole rings is 1. The van der Waals surface area contributed by atoms with Gasteiger partial charge in [-0.1, -0.05) is 5.16 Å². The third-order valence-electron chi connectivity index (χ3n) is 4.87. The molecule has 128 valence electrons. The first-order chi connectivity index (χ1) is 11.7. The molecular formula is C16H21N5O3. The molecule has 0 spiro atoms. The molecule has 0 aromatic carbocycles. The Labute approximate surface area is 139 Å². The number of hydrogen-bond acceptors (Lipinski definition) is 6. The molecule has 0 aliphatic carbocycles. The van der Waals surface area contributed by atoms with Crippen LogP contribution >= 0.6 is 0 Å². The van der Waals surface area contributed by atoms with Crippen LogP contribution < -0.4 is 5.32 Å². The number of rotatable bonds is 4. The van der Waals surface area contributed by atoms with Crippen molar-refractivity contribution in [2.75, 3.05) is 13.2 Å². The Bertz CT molecular complexity index is 698. The van der Waals surface area contributed by atoms with E-state index in [1.807, 2.05) is 24.0 Å². The molecule has 0 unspecified atom stereocenters. The highest BCUT2D eigenvalue weighted by atomic mass is 16.5. The van der Waals surface area contributed by atoms with Gasteiger partial charge in [0.2, 0.25) is 5.76 Å². The van der Waals surface area contributed by atoms with E-state index < -0.39 is 0 Å². The van der Waals surface area contributed by atoms with Crippen molar-refractivity contribution in [1.29, 1.82) is 0 Å². The van der Waals surface area contributed by atoms with Crippen molar-refractivity contribution in [3.05, 3.63) is 36.2 Å². The number of carbonyl (C=O) groups excluding carboxylic acids is 1. The number of fused-ring (bicyclic) bond motifs is 1. The summed E-state index contributed by atoms with van der Waals surface area (Å²) >= 11 is 0. The number of nitrogens with zero attached hydrogens (tertiary/aromatic N) is 4. The second kappa shape index (κ2) is 6.37. The molecule has 2 aliphatic rings. The number of amides is 1. The van der Waals surface area contributed by atoms with Crippen molar-refractivity contribution in [2.24, 2.45) is 7.05 Å². The average molecular weight is 331 g/mol. The highest BCUT2D eigenvalue weighted by Crippen LogP contribution is 2.30. The van der Waals surface area contributed by atoms with Gasteiger partial charge in [-0.25, -0.2) is 4.98 Å². The lowest BCUT2D eigenvalue weighted by molar-refractivity contribution is -0.0216. The van der Waals surface area contributed by atoms with Crippen molar-refractivity contribution in [3.8, 4) is 0 Å². The molecule has 0 saturated carbocycles. The summed E-state index contributed by atoms with van der Waals surface area (Å²) in [5.41, 5.74) is 0. The highest BCUT2D eigenvalue weighted by molar-refractivity contribution is 5.91. The van der Waals surface area contributed by atoms with E-state index >= 15 is 0 Å². The van der Waals surface area contributed by atoms with Crippen LogP contribution in [0.2, 0.25) is 0 Å². The molecule has 3 atom stereocenters. The van der Waals surface area contributed by atoms with Gasteiger partial charge in [-0.15, -0.1) is 0 Å². The number of aryl methyl sites for hydroxylation is 1. The predicted octanol–water partition coefficient (Wildman–Crippen LogP) is 0.570. The zero-order valence-corrected chi connectivity index (χ0v) is 13.6. The Balaban J connectivity index is 1.48.